The first-order valence-corrected chi connectivity index (χ1v) is 8.17. The molecule has 7 heteroatoms. The first-order valence-electron chi connectivity index (χ1n) is 4.31. The van der Waals surface area contributed by atoms with Crippen LogP contribution < -0.4 is 0 Å². The Bertz CT molecular complexity index is 1050. The molecule has 0 aromatic rings. The van der Waals surface area contributed by atoms with Crippen molar-refractivity contribution >= 4 is 28.9 Å². The fourth-order valence-electron chi connectivity index (χ4n) is 1.41. The molecule has 0 heterocycles. The van der Waals surface area contributed by atoms with Gasteiger partial charge in [-0.3, -0.25) is 0 Å². The molecule has 0 radical (unpaired) electrons. The topological polar surface area (TPSA) is 102 Å². The van der Waals surface area contributed by atoms with Crippen molar-refractivity contribution < 1.29 is 35.6 Å². The Labute approximate surface area is 96.4 Å². The van der Waals surface area contributed by atoms with Gasteiger partial charge in [0.05, 0.1) is 0 Å². The Balaban J connectivity index is 9.71. The van der Waals surface area contributed by atoms with Gasteiger partial charge in [0.15, 0.2) is 0 Å². The molecule has 0 unspecified atom stereocenters. The molecule has 0 amide bonds. The van der Waals surface area contributed by atoms with E-state index >= 15 is 0 Å². The zero-order chi connectivity index (χ0) is 14.8. The second kappa shape index (κ2) is 2.87. The molecule has 0 atom stereocenters. The summed E-state index contributed by atoms with van der Waals surface area (Å²) in [5.41, 5.74) is -1.14. The molecular weight excluding hydrogens is 287 g/mol. The summed E-state index contributed by atoms with van der Waals surface area (Å²) in [6, 6.07) is 0. The van der Waals surface area contributed by atoms with Crippen LogP contribution in [0.4, 0.5) is 0 Å². The summed E-state index contributed by atoms with van der Waals surface area (Å²) >= 11 is 0. The number of rotatable bonds is 1. The summed E-state index contributed by atoms with van der Waals surface area (Å²) in [5, 5.41) is -1.07. The number of hydrogen-bond donors (Lipinski definition) is 0. The van der Waals surface area contributed by atoms with Gasteiger partial charge in [0, 0.05) is 0 Å². The van der Waals surface area contributed by atoms with E-state index < -0.39 is 17.7 Å². The molecule has 0 N–H and O–H groups in total. The average molecular weight is 298 g/mol. The molecule has 0 fully saturated rings. The number of hydrogen-bond acceptors (Lipinski definition) is 6. The Kier molecular flexibility index (Phi) is 2.54. The van der Waals surface area contributed by atoms with Crippen molar-refractivity contribution in [1.29, 1.82) is 0 Å². The maximum absolute atomic E-state index is 11.2. The molecule has 0 aliphatic rings. The van der Waals surface area contributed by atoms with E-state index in [1.807, 2.05) is 0 Å². The van der Waals surface area contributed by atoms with Gasteiger partial charge in [-0.05, 0) is 0 Å². The van der Waals surface area contributed by atoms with Gasteiger partial charge < -0.3 is 0 Å². The second-order valence-electron chi connectivity index (χ2n) is 5.04. The Morgan fingerprint density at radius 3 is 0.944 bits per heavy atom. The van der Waals surface area contributed by atoms with E-state index in [2.05, 4.69) is 0 Å². The van der Waals surface area contributed by atoms with Gasteiger partial charge in [-0.2, -0.15) is 0 Å². The zero-order valence-corrected chi connectivity index (χ0v) is 11.0. The SMILES string of the molecule is CC(C)(C)[CH2][Co](=[C]=O)(=[C]=O)(=[C]=O)(=[C]=O)(=[C]=O)=[C]=O. The van der Waals surface area contributed by atoms with Crippen LogP contribution in [0.3, 0.4) is 0 Å². The van der Waals surface area contributed by atoms with Gasteiger partial charge in [0.1, 0.15) is 0 Å². The third kappa shape index (κ3) is 1.28. The minimum atomic E-state index is -7.58. The van der Waals surface area contributed by atoms with E-state index in [-0.39, 0.29) is 0 Å². The molecule has 0 saturated heterocycles. The zero-order valence-electron chi connectivity index (χ0n) is 9.99. The van der Waals surface area contributed by atoms with Crippen molar-refractivity contribution in [3.05, 3.63) is 0 Å². The van der Waals surface area contributed by atoms with Gasteiger partial charge >= 0.3 is 96.1 Å². The van der Waals surface area contributed by atoms with Gasteiger partial charge in [-0.15, -0.1) is 0 Å². The quantitative estimate of drug-likeness (QED) is 0.653. The molecule has 0 aromatic heterocycles. The third-order valence-electron chi connectivity index (χ3n) is 2.02. The van der Waals surface area contributed by atoms with Crippen LogP contribution in [0, 0.1) is 5.41 Å². The van der Waals surface area contributed by atoms with Crippen molar-refractivity contribution in [2.75, 3.05) is 0 Å². The summed E-state index contributed by atoms with van der Waals surface area (Å²) in [7, 11) is 0. The molecule has 0 saturated carbocycles. The molecule has 0 aromatic carbocycles. The average Bonchev–Trinajstić information content (AvgIpc) is 2.38. The van der Waals surface area contributed by atoms with Crippen molar-refractivity contribution in [3.63, 3.8) is 0 Å². The summed E-state index contributed by atoms with van der Waals surface area (Å²) in [6.07, 6.45) is 0. The first kappa shape index (κ1) is 16.0. The van der Waals surface area contributed by atoms with Crippen molar-refractivity contribution in [2.24, 2.45) is 5.41 Å². The Morgan fingerprint density at radius 2 is 0.889 bits per heavy atom. The minimum absolute atomic E-state index is 0.727. The summed E-state index contributed by atoms with van der Waals surface area (Å²) in [6.45, 7) is -3.42. The van der Waals surface area contributed by atoms with E-state index in [0.717, 1.165) is 28.9 Å². The maximum atomic E-state index is 11.2. The van der Waals surface area contributed by atoms with Gasteiger partial charge in [0.2, 0.25) is 0 Å². The third-order valence-corrected chi connectivity index (χ3v) is 8.31. The molecule has 0 spiro atoms. The van der Waals surface area contributed by atoms with E-state index in [4.69, 9.17) is 0 Å². The fraction of sp³-hybridized carbons (Fsp3) is 0.455. The van der Waals surface area contributed by atoms with Crippen LogP contribution in [0.2, 0.25) is 5.36 Å². The van der Waals surface area contributed by atoms with Crippen LogP contribution in [0.1, 0.15) is 20.8 Å². The molecule has 0 aliphatic heterocycles. The predicted octanol–water partition coefficient (Wildman–Crippen LogP) is -0.385. The summed E-state index contributed by atoms with van der Waals surface area (Å²) < 4.78 is 0. The van der Waals surface area contributed by atoms with E-state index in [9.17, 15) is 28.8 Å². The van der Waals surface area contributed by atoms with E-state index in [0.29, 0.717) is 0 Å². The predicted molar refractivity (Wildman–Crippen MR) is 58.4 cm³/mol. The van der Waals surface area contributed by atoms with E-state index in [1.165, 1.54) is 20.8 Å². The molecular formula is C11H11CoO6. The Hall–Kier alpha value is -2.01. The van der Waals surface area contributed by atoms with Crippen LogP contribution in [0.25, 0.3) is 0 Å². The normalized spacial score (nSPS) is 16.7. The molecule has 0 bridgehead atoms. The molecule has 6 nitrogen and oxygen atoms in total. The molecule has 18 heavy (non-hydrogen) atoms. The van der Waals surface area contributed by atoms with Crippen molar-refractivity contribution in [2.45, 2.75) is 26.1 Å². The van der Waals surface area contributed by atoms with Gasteiger partial charge in [-0.25, -0.2) is 0 Å². The Morgan fingerprint density at radius 1 is 0.667 bits per heavy atom. The van der Waals surface area contributed by atoms with Crippen molar-refractivity contribution in [3.8, 4) is 0 Å². The van der Waals surface area contributed by atoms with Crippen LogP contribution in [-0.4, -0.2) is 28.9 Å². The monoisotopic (exact) mass is 298 g/mol. The van der Waals surface area contributed by atoms with Crippen LogP contribution >= 0.6 is 0 Å². The molecule has 0 rings (SSSR count). The van der Waals surface area contributed by atoms with Crippen LogP contribution in [0.15, 0.2) is 0 Å². The van der Waals surface area contributed by atoms with Crippen LogP contribution in [0.5, 0.6) is 0 Å². The second-order valence-corrected chi connectivity index (χ2v) is 12.8. The molecule has 0 aliphatic carbocycles. The molecule has 100 valence electrons. The number of carbonyl (C=O) groups excluding carboxylic acids is 6. The van der Waals surface area contributed by atoms with Gasteiger partial charge in [0.25, 0.3) is 0 Å². The van der Waals surface area contributed by atoms with Gasteiger partial charge in [-0.1, -0.05) is 0 Å². The summed E-state index contributed by atoms with van der Waals surface area (Å²) in [4.78, 5) is 71.8. The van der Waals surface area contributed by atoms with E-state index in [1.54, 1.807) is 0 Å². The van der Waals surface area contributed by atoms with Crippen molar-refractivity contribution in [1.82, 2.24) is 0 Å². The van der Waals surface area contributed by atoms with Crippen LogP contribution in [-0.2, 0) is 35.6 Å². The first-order chi connectivity index (χ1) is 7.97. The fourth-order valence-corrected chi connectivity index (χ4v) is 5.83. The summed E-state index contributed by atoms with van der Waals surface area (Å²) in [5.74, 6) is 0. The standard InChI is InChI=1S/C5H11.6CO.Co/c1-5(2,3)4;6*1-2;/h1H2,2-4H3;;;;;;;.